The Bertz CT molecular complexity index is 2600. The smallest absolute Gasteiger partial charge is 0.0543 e. The van der Waals surface area contributed by atoms with Gasteiger partial charge < -0.3 is 9.47 Å². The highest BCUT2D eigenvalue weighted by Gasteiger charge is 2.20. The molecule has 50 heavy (non-hydrogen) atoms. The molecule has 238 valence electrons. The van der Waals surface area contributed by atoms with Crippen molar-refractivity contribution in [2.24, 2.45) is 0 Å². The lowest BCUT2D eigenvalue weighted by Crippen LogP contribution is -2.11. The van der Waals surface area contributed by atoms with Crippen LogP contribution in [0.15, 0.2) is 182 Å². The van der Waals surface area contributed by atoms with Gasteiger partial charge >= 0.3 is 0 Å². The molecule has 8 aromatic carbocycles. The third-order valence-electron chi connectivity index (χ3n) is 9.90. The highest BCUT2D eigenvalue weighted by Crippen LogP contribution is 2.44. The molecule has 9 rings (SSSR count). The Morgan fingerprint density at radius 1 is 0.400 bits per heavy atom. The van der Waals surface area contributed by atoms with Crippen LogP contribution < -0.4 is 4.90 Å². The molecule has 0 saturated heterocycles. The highest BCUT2D eigenvalue weighted by molar-refractivity contribution is 6.10. The van der Waals surface area contributed by atoms with Crippen molar-refractivity contribution in [3.05, 3.63) is 193 Å². The van der Waals surface area contributed by atoms with E-state index in [1.54, 1.807) is 0 Å². The number of para-hydroxylation sites is 2. The monoisotopic (exact) mass is 640 g/mol. The van der Waals surface area contributed by atoms with Crippen molar-refractivity contribution in [3.63, 3.8) is 0 Å². The van der Waals surface area contributed by atoms with E-state index in [1.165, 1.54) is 71.6 Å². The van der Waals surface area contributed by atoms with E-state index < -0.39 is 0 Å². The Balaban J connectivity index is 1.23. The molecule has 0 atom stereocenters. The van der Waals surface area contributed by atoms with Crippen molar-refractivity contribution in [2.45, 2.75) is 13.8 Å². The quantitative estimate of drug-likeness (QED) is 0.176. The molecular formula is C48H36N2. The molecule has 2 nitrogen and oxygen atoms in total. The van der Waals surface area contributed by atoms with Crippen molar-refractivity contribution in [2.75, 3.05) is 4.90 Å². The highest BCUT2D eigenvalue weighted by atomic mass is 15.1. The van der Waals surface area contributed by atoms with Gasteiger partial charge in [0.25, 0.3) is 0 Å². The Hall–Kier alpha value is -6.38. The molecule has 0 spiro atoms. The first kappa shape index (κ1) is 29.7. The summed E-state index contributed by atoms with van der Waals surface area (Å²) in [6.07, 6.45) is 0. The predicted molar refractivity (Wildman–Crippen MR) is 213 cm³/mol. The molecule has 1 aromatic heterocycles. The summed E-state index contributed by atoms with van der Waals surface area (Å²) in [5.41, 5.74) is 14.3. The molecule has 0 aliphatic carbocycles. The summed E-state index contributed by atoms with van der Waals surface area (Å²) in [5, 5.41) is 4.98. The fourth-order valence-corrected chi connectivity index (χ4v) is 7.54. The average Bonchev–Trinajstić information content (AvgIpc) is 3.48. The van der Waals surface area contributed by atoms with Crippen LogP contribution in [0.2, 0.25) is 0 Å². The molecule has 0 fully saturated rings. The van der Waals surface area contributed by atoms with Crippen LogP contribution in [-0.2, 0) is 0 Å². The van der Waals surface area contributed by atoms with E-state index in [2.05, 4.69) is 205 Å². The van der Waals surface area contributed by atoms with Gasteiger partial charge in [0, 0.05) is 33.0 Å². The van der Waals surface area contributed by atoms with Gasteiger partial charge in [-0.05, 0) is 84.0 Å². The molecule has 0 unspecified atom stereocenters. The first-order valence-electron chi connectivity index (χ1n) is 17.3. The van der Waals surface area contributed by atoms with Crippen molar-refractivity contribution >= 4 is 49.6 Å². The van der Waals surface area contributed by atoms with Gasteiger partial charge in [0.1, 0.15) is 0 Å². The van der Waals surface area contributed by atoms with Crippen LogP contribution in [0.1, 0.15) is 11.1 Å². The van der Waals surface area contributed by atoms with Crippen LogP contribution in [0, 0.1) is 13.8 Å². The Kier molecular flexibility index (Phi) is 7.29. The lowest BCUT2D eigenvalue weighted by molar-refractivity contribution is 1.18. The maximum Gasteiger partial charge on any atom is 0.0543 e. The second-order valence-corrected chi connectivity index (χ2v) is 13.2. The predicted octanol–water partition coefficient (Wildman–Crippen LogP) is 13.4. The third kappa shape index (κ3) is 5.05. The van der Waals surface area contributed by atoms with Crippen LogP contribution in [0.25, 0.3) is 60.5 Å². The number of aromatic nitrogens is 1. The average molecular weight is 641 g/mol. The van der Waals surface area contributed by atoms with Crippen molar-refractivity contribution in [3.8, 4) is 27.9 Å². The number of rotatable bonds is 6. The fourth-order valence-electron chi connectivity index (χ4n) is 7.54. The molecule has 0 bridgehead atoms. The normalized spacial score (nSPS) is 11.4. The summed E-state index contributed by atoms with van der Waals surface area (Å²) in [6, 6.07) is 66.2. The lowest BCUT2D eigenvalue weighted by Gasteiger charge is -2.29. The van der Waals surface area contributed by atoms with Crippen LogP contribution >= 0.6 is 0 Å². The number of hydrogen-bond donors (Lipinski definition) is 0. The number of fused-ring (bicyclic) bond motifs is 4. The Labute approximate surface area is 293 Å². The number of hydrogen-bond acceptors (Lipinski definition) is 1. The third-order valence-corrected chi connectivity index (χ3v) is 9.90. The molecule has 0 radical (unpaired) electrons. The SMILES string of the molecule is Cc1ccc2c3ccc(C)cc3n(-c3ccccc3-c3ccc(N(c4ccccc4-c4ccccc4)c4cccc5ccccc45)cc3)c2c1. The van der Waals surface area contributed by atoms with Gasteiger partial charge in [-0.1, -0.05) is 140 Å². The Morgan fingerprint density at radius 3 is 1.70 bits per heavy atom. The molecule has 2 heteroatoms. The van der Waals surface area contributed by atoms with Gasteiger partial charge in [0.05, 0.1) is 28.1 Å². The van der Waals surface area contributed by atoms with E-state index in [9.17, 15) is 0 Å². The van der Waals surface area contributed by atoms with E-state index in [1.807, 2.05) is 0 Å². The molecule has 0 aliphatic rings. The van der Waals surface area contributed by atoms with Crippen LogP contribution in [0.5, 0.6) is 0 Å². The summed E-state index contributed by atoms with van der Waals surface area (Å²) in [5.74, 6) is 0. The standard InChI is InChI=1S/C48H36N2/c1-33-23-29-42-43-30-24-34(2)32-48(43)50(47(42)31-33)46-21-11-9-19-41(46)37-25-27-38(28-26-37)49(45-22-12-16-36-15-6-7-17-40(36)45)44-20-10-8-18-39(44)35-13-4-3-5-14-35/h3-32H,1-2H3. The molecule has 0 saturated carbocycles. The van der Waals surface area contributed by atoms with Crippen molar-refractivity contribution in [1.29, 1.82) is 0 Å². The zero-order chi connectivity index (χ0) is 33.6. The zero-order valence-corrected chi connectivity index (χ0v) is 28.2. The molecule has 9 aromatic rings. The summed E-state index contributed by atoms with van der Waals surface area (Å²) in [6.45, 7) is 4.35. The van der Waals surface area contributed by atoms with E-state index >= 15 is 0 Å². The first-order valence-corrected chi connectivity index (χ1v) is 17.3. The van der Waals surface area contributed by atoms with Gasteiger partial charge in [-0.15, -0.1) is 0 Å². The van der Waals surface area contributed by atoms with E-state index in [-0.39, 0.29) is 0 Å². The first-order chi connectivity index (χ1) is 24.6. The molecular weight excluding hydrogens is 605 g/mol. The summed E-state index contributed by atoms with van der Waals surface area (Å²) in [7, 11) is 0. The maximum atomic E-state index is 2.45. The number of nitrogens with zero attached hydrogens (tertiary/aromatic N) is 2. The zero-order valence-electron chi connectivity index (χ0n) is 28.2. The number of aryl methyl sites for hydroxylation is 2. The van der Waals surface area contributed by atoms with Gasteiger partial charge in [0.15, 0.2) is 0 Å². The minimum absolute atomic E-state index is 1.11. The lowest BCUT2D eigenvalue weighted by atomic mass is 9.99. The van der Waals surface area contributed by atoms with E-state index in [0.29, 0.717) is 0 Å². The molecule has 0 N–H and O–H groups in total. The summed E-state index contributed by atoms with van der Waals surface area (Å²) < 4.78 is 2.45. The van der Waals surface area contributed by atoms with Crippen molar-refractivity contribution in [1.82, 2.24) is 4.57 Å². The van der Waals surface area contributed by atoms with E-state index in [0.717, 1.165) is 17.1 Å². The minimum Gasteiger partial charge on any atom is -0.309 e. The molecule has 0 aliphatic heterocycles. The maximum absolute atomic E-state index is 2.45. The molecule has 1 heterocycles. The largest absolute Gasteiger partial charge is 0.309 e. The van der Waals surface area contributed by atoms with Gasteiger partial charge in [-0.25, -0.2) is 0 Å². The van der Waals surface area contributed by atoms with Gasteiger partial charge in [0.2, 0.25) is 0 Å². The van der Waals surface area contributed by atoms with Gasteiger partial charge in [-0.3, -0.25) is 0 Å². The molecule has 0 amide bonds. The fraction of sp³-hybridized carbons (Fsp3) is 0.0417. The number of anilines is 3. The second-order valence-electron chi connectivity index (χ2n) is 13.2. The minimum atomic E-state index is 1.11. The Morgan fingerprint density at radius 2 is 0.960 bits per heavy atom. The summed E-state index contributed by atoms with van der Waals surface area (Å²) in [4.78, 5) is 2.42. The van der Waals surface area contributed by atoms with Crippen LogP contribution in [0.4, 0.5) is 17.1 Å². The van der Waals surface area contributed by atoms with E-state index in [4.69, 9.17) is 0 Å². The van der Waals surface area contributed by atoms with Gasteiger partial charge in [-0.2, -0.15) is 0 Å². The second kappa shape index (κ2) is 12.3. The van der Waals surface area contributed by atoms with Crippen LogP contribution in [0.3, 0.4) is 0 Å². The number of benzene rings is 8. The van der Waals surface area contributed by atoms with Crippen molar-refractivity contribution < 1.29 is 0 Å². The summed E-state index contributed by atoms with van der Waals surface area (Å²) >= 11 is 0. The van der Waals surface area contributed by atoms with Crippen LogP contribution in [-0.4, -0.2) is 4.57 Å². The topological polar surface area (TPSA) is 8.17 Å².